The zero-order chi connectivity index (χ0) is 17.0. The molecule has 0 spiro atoms. The molecular weight excluding hydrogens is 304 g/mol. The average Bonchev–Trinajstić information content (AvgIpc) is 2.52. The SMILES string of the molecule is CC(C)c1ccc(C(N[S+]([O-])C(C)(C)C)c2ccccc2)nc1. The summed E-state index contributed by atoms with van der Waals surface area (Å²) >= 11 is -1.17. The molecule has 2 unspecified atom stereocenters. The van der Waals surface area contributed by atoms with E-state index < -0.39 is 11.4 Å². The lowest BCUT2D eigenvalue weighted by Gasteiger charge is -2.28. The maximum absolute atomic E-state index is 12.6. The van der Waals surface area contributed by atoms with Gasteiger partial charge in [-0.1, -0.05) is 50.2 Å². The number of hydrogen-bond donors (Lipinski definition) is 1. The topological polar surface area (TPSA) is 48.0 Å². The third-order valence-electron chi connectivity index (χ3n) is 3.69. The molecule has 0 fully saturated rings. The van der Waals surface area contributed by atoms with Gasteiger partial charge in [0.15, 0.2) is 0 Å². The highest BCUT2D eigenvalue weighted by atomic mass is 32.2. The van der Waals surface area contributed by atoms with Crippen LogP contribution in [0.1, 0.15) is 63.4 Å². The molecule has 0 saturated heterocycles. The smallest absolute Gasteiger partial charge is 0.136 e. The van der Waals surface area contributed by atoms with Crippen LogP contribution in [-0.4, -0.2) is 14.3 Å². The summed E-state index contributed by atoms with van der Waals surface area (Å²) in [6.07, 6.45) is 1.91. The zero-order valence-corrected chi connectivity index (χ0v) is 15.4. The molecule has 2 aromatic rings. The minimum absolute atomic E-state index is 0.183. The molecule has 1 N–H and O–H groups in total. The van der Waals surface area contributed by atoms with E-state index in [4.69, 9.17) is 0 Å². The lowest BCUT2D eigenvalue weighted by Crippen LogP contribution is -2.41. The number of aromatic nitrogens is 1. The molecule has 0 saturated carbocycles. The van der Waals surface area contributed by atoms with Crippen molar-refractivity contribution in [1.82, 2.24) is 9.71 Å². The molecule has 124 valence electrons. The third kappa shape index (κ3) is 4.80. The first kappa shape index (κ1) is 18.0. The van der Waals surface area contributed by atoms with Crippen LogP contribution in [0.5, 0.6) is 0 Å². The number of benzene rings is 1. The van der Waals surface area contributed by atoms with Crippen LogP contribution in [0.15, 0.2) is 48.7 Å². The lowest BCUT2D eigenvalue weighted by atomic mass is 10.0. The molecule has 3 nitrogen and oxygen atoms in total. The van der Waals surface area contributed by atoms with E-state index in [9.17, 15) is 4.55 Å². The van der Waals surface area contributed by atoms with Gasteiger partial charge >= 0.3 is 0 Å². The van der Waals surface area contributed by atoms with Gasteiger partial charge in [-0.3, -0.25) is 4.98 Å². The second kappa shape index (κ2) is 7.47. The van der Waals surface area contributed by atoms with E-state index >= 15 is 0 Å². The number of rotatable bonds is 5. The molecule has 2 rings (SSSR count). The molecule has 4 heteroatoms. The van der Waals surface area contributed by atoms with E-state index in [-0.39, 0.29) is 10.8 Å². The Labute approximate surface area is 142 Å². The predicted octanol–water partition coefficient (Wildman–Crippen LogP) is 4.35. The Morgan fingerprint density at radius 2 is 1.65 bits per heavy atom. The normalized spacial score (nSPS) is 14.7. The molecule has 0 bridgehead atoms. The second-order valence-electron chi connectivity index (χ2n) is 7.01. The molecule has 1 aromatic heterocycles. The van der Waals surface area contributed by atoms with Crippen LogP contribution in [0.2, 0.25) is 0 Å². The highest BCUT2D eigenvalue weighted by molar-refractivity contribution is 7.90. The Morgan fingerprint density at radius 3 is 2.13 bits per heavy atom. The van der Waals surface area contributed by atoms with Crippen LogP contribution >= 0.6 is 0 Å². The Bertz CT molecular complexity index is 606. The fraction of sp³-hybridized carbons (Fsp3) is 0.421. The van der Waals surface area contributed by atoms with Crippen molar-refractivity contribution in [2.75, 3.05) is 0 Å². The average molecular weight is 330 g/mol. The van der Waals surface area contributed by atoms with Gasteiger partial charge in [0.25, 0.3) is 0 Å². The fourth-order valence-corrected chi connectivity index (χ4v) is 2.98. The van der Waals surface area contributed by atoms with Crippen LogP contribution in [-0.2, 0) is 11.4 Å². The Hall–Kier alpha value is -1.36. The van der Waals surface area contributed by atoms with E-state index in [2.05, 4.69) is 29.6 Å². The molecular formula is C19H26N2OS. The van der Waals surface area contributed by atoms with Crippen LogP contribution in [0.4, 0.5) is 0 Å². The van der Waals surface area contributed by atoms with Gasteiger partial charge in [0, 0.05) is 17.6 Å². The molecule has 0 aliphatic heterocycles. The van der Waals surface area contributed by atoms with Crippen molar-refractivity contribution >= 4 is 11.4 Å². The molecule has 1 aromatic carbocycles. The van der Waals surface area contributed by atoms with Gasteiger partial charge in [-0.05, 0) is 43.9 Å². The lowest BCUT2D eigenvalue weighted by molar-refractivity contribution is 0.534. The molecule has 0 radical (unpaired) electrons. The molecule has 0 amide bonds. The predicted molar refractivity (Wildman–Crippen MR) is 97.6 cm³/mol. The molecule has 0 aliphatic rings. The maximum Gasteiger partial charge on any atom is 0.136 e. The summed E-state index contributed by atoms with van der Waals surface area (Å²) in [5.41, 5.74) is 3.16. The van der Waals surface area contributed by atoms with Crippen LogP contribution < -0.4 is 4.72 Å². The van der Waals surface area contributed by atoms with Crippen LogP contribution in [0, 0.1) is 0 Å². The van der Waals surface area contributed by atoms with Crippen molar-refractivity contribution in [3.05, 3.63) is 65.5 Å². The Morgan fingerprint density at radius 1 is 1.00 bits per heavy atom. The van der Waals surface area contributed by atoms with Gasteiger partial charge in [-0.25, -0.2) is 0 Å². The summed E-state index contributed by atoms with van der Waals surface area (Å²) in [7, 11) is 0. The van der Waals surface area contributed by atoms with E-state index in [1.54, 1.807) is 0 Å². The largest absolute Gasteiger partial charge is 0.598 e. The molecule has 1 heterocycles. The highest BCUT2D eigenvalue weighted by Crippen LogP contribution is 2.25. The zero-order valence-electron chi connectivity index (χ0n) is 14.5. The fourth-order valence-electron chi connectivity index (χ4n) is 2.16. The van der Waals surface area contributed by atoms with Crippen molar-refractivity contribution in [1.29, 1.82) is 0 Å². The van der Waals surface area contributed by atoms with E-state index in [0.29, 0.717) is 5.92 Å². The molecule has 23 heavy (non-hydrogen) atoms. The molecule has 0 aliphatic carbocycles. The van der Waals surface area contributed by atoms with Crippen molar-refractivity contribution in [2.45, 2.75) is 51.3 Å². The first-order chi connectivity index (χ1) is 10.8. The van der Waals surface area contributed by atoms with Crippen LogP contribution in [0.25, 0.3) is 0 Å². The van der Waals surface area contributed by atoms with Crippen molar-refractivity contribution in [3.8, 4) is 0 Å². The monoisotopic (exact) mass is 330 g/mol. The first-order valence-electron chi connectivity index (χ1n) is 7.98. The third-order valence-corrected chi connectivity index (χ3v) is 5.25. The Balaban J connectivity index is 2.33. The van der Waals surface area contributed by atoms with Gasteiger partial charge in [0.2, 0.25) is 0 Å². The van der Waals surface area contributed by atoms with E-state index in [1.165, 1.54) is 5.56 Å². The minimum Gasteiger partial charge on any atom is -0.598 e. The number of nitrogens with one attached hydrogen (secondary N) is 1. The van der Waals surface area contributed by atoms with Gasteiger partial charge < -0.3 is 4.55 Å². The van der Waals surface area contributed by atoms with Gasteiger partial charge in [0.1, 0.15) is 10.8 Å². The summed E-state index contributed by atoms with van der Waals surface area (Å²) in [5, 5.41) is 0. The van der Waals surface area contributed by atoms with Gasteiger partial charge in [0.05, 0.1) is 5.69 Å². The summed E-state index contributed by atoms with van der Waals surface area (Å²) in [4.78, 5) is 4.61. The number of nitrogens with zero attached hydrogens (tertiary/aromatic N) is 1. The summed E-state index contributed by atoms with van der Waals surface area (Å²) in [6, 6.07) is 14.0. The summed E-state index contributed by atoms with van der Waals surface area (Å²) in [5.74, 6) is 0.448. The van der Waals surface area contributed by atoms with Gasteiger partial charge in [-0.2, -0.15) is 0 Å². The summed E-state index contributed by atoms with van der Waals surface area (Å²) < 4.78 is 15.5. The standard InChI is InChI=1S/C19H26N2OS/c1-14(2)16-11-12-17(20-13-16)18(15-9-7-6-8-10-15)21-23(22)19(3,4)5/h6-14,18,21H,1-5H3. The summed E-state index contributed by atoms with van der Waals surface area (Å²) in [6.45, 7) is 10.2. The first-order valence-corrected chi connectivity index (χ1v) is 9.13. The van der Waals surface area contributed by atoms with Crippen LogP contribution in [0.3, 0.4) is 0 Å². The van der Waals surface area contributed by atoms with Crippen molar-refractivity contribution in [3.63, 3.8) is 0 Å². The number of pyridine rings is 1. The van der Waals surface area contributed by atoms with E-state index in [0.717, 1.165) is 11.3 Å². The highest BCUT2D eigenvalue weighted by Gasteiger charge is 2.31. The van der Waals surface area contributed by atoms with Crippen molar-refractivity contribution in [2.24, 2.45) is 0 Å². The number of hydrogen-bond acceptors (Lipinski definition) is 3. The maximum atomic E-state index is 12.6. The second-order valence-corrected chi connectivity index (χ2v) is 9.01. The van der Waals surface area contributed by atoms with Gasteiger partial charge in [-0.15, -0.1) is 4.72 Å². The quantitative estimate of drug-likeness (QED) is 0.829. The minimum atomic E-state index is -1.17. The molecule has 2 atom stereocenters. The Kier molecular flexibility index (Phi) is 5.84. The van der Waals surface area contributed by atoms with Crippen molar-refractivity contribution < 1.29 is 4.55 Å². The van der Waals surface area contributed by atoms with E-state index in [1.807, 2.05) is 63.4 Å².